The minimum Gasteiger partial charge on any atom is -0.380 e. The quantitative estimate of drug-likeness (QED) is 0.730. The van der Waals surface area contributed by atoms with Gasteiger partial charge < -0.3 is 15.3 Å². The predicted octanol–water partition coefficient (Wildman–Crippen LogP) is 0.995. The molecule has 1 amide bonds. The normalized spacial score (nSPS) is 28.4. The zero-order valence-corrected chi connectivity index (χ0v) is 11.3. The molecule has 0 aromatic carbocycles. The van der Waals surface area contributed by atoms with E-state index in [1.807, 2.05) is 14.0 Å². The summed E-state index contributed by atoms with van der Waals surface area (Å²) < 4.78 is 0. The monoisotopic (exact) mass is 242 g/mol. The minimum atomic E-state index is -1.09. The van der Waals surface area contributed by atoms with Gasteiger partial charge >= 0.3 is 0 Å². The molecule has 0 aromatic rings. The van der Waals surface area contributed by atoms with Crippen molar-refractivity contribution in [3.05, 3.63) is 0 Å². The largest absolute Gasteiger partial charge is 0.380 e. The Morgan fingerprint density at radius 1 is 1.53 bits per heavy atom. The lowest BCUT2D eigenvalue weighted by molar-refractivity contribution is -0.150. The average Bonchev–Trinajstić information content (AvgIpc) is 2.73. The molecule has 1 aliphatic rings. The SMILES string of the molecule is CCC1CCC(O)(C(=O)N(CC)CCNC)C1. The summed E-state index contributed by atoms with van der Waals surface area (Å²) in [5.74, 6) is 0.429. The molecule has 0 radical (unpaired) electrons. The number of nitrogens with zero attached hydrogens (tertiary/aromatic N) is 1. The van der Waals surface area contributed by atoms with Crippen LogP contribution in [0.3, 0.4) is 0 Å². The van der Waals surface area contributed by atoms with Crippen LogP contribution in [-0.2, 0) is 4.79 Å². The van der Waals surface area contributed by atoms with Gasteiger partial charge in [-0.2, -0.15) is 0 Å². The second-order valence-electron chi connectivity index (χ2n) is 5.04. The van der Waals surface area contributed by atoms with Crippen LogP contribution in [0.15, 0.2) is 0 Å². The molecule has 17 heavy (non-hydrogen) atoms. The van der Waals surface area contributed by atoms with E-state index in [0.29, 0.717) is 31.8 Å². The lowest BCUT2D eigenvalue weighted by Crippen LogP contribution is -2.49. The van der Waals surface area contributed by atoms with Crippen LogP contribution >= 0.6 is 0 Å². The molecule has 2 atom stereocenters. The van der Waals surface area contributed by atoms with Crippen molar-refractivity contribution < 1.29 is 9.90 Å². The molecule has 1 saturated carbocycles. The van der Waals surface area contributed by atoms with Gasteiger partial charge in [-0.05, 0) is 39.2 Å². The van der Waals surface area contributed by atoms with Crippen molar-refractivity contribution in [2.24, 2.45) is 5.92 Å². The summed E-state index contributed by atoms with van der Waals surface area (Å²) in [6.07, 6.45) is 3.29. The molecule has 0 aromatic heterocycles. The Kier molecular flexibility index (Phi) is 5.40. The van der Waals surface area contributed by atoms with Gasteiger partial charge in [-0.3, -0.25) is 4.79 Å². The lowest BCUT2D eigenvalue weighted by Gasteiger charge is -2.30. The molecule has 0 saturated heterocycles. The third kappa shape index (κ3) is 3.42. The number of carbonyl (C=O) groups excluding carboxylic acids is 1. The van der Waals surface area contributed by atoms with E-state index in [9.17, 15) is 9.90 Å². The molecule has 1 rings (SSSR count). The highest BCUT2D eigenvalue weighted by Gasteiger charge is 2.44. The number of amides is 1. The fraction of sp³-hybridized carbons (Fsp3) is 0.923. The Bertz CT molecular complexity index is 258. The van der Waals surface area contributed by atoms with Gasteiger partial charge in [0.25, 0.3) is 5.91 Å². The molecule has 0 aliphatic heterocycles. The average molecular weight is 242 g/mol. The topological polar surface area (TPSA) is 52.6 Å². The van der Waals surface area contributed by atoms with Gasteiger partial charge in [0.2, 0.25) is 0 Å². The third-order valence-electron chi connectivity index (χ3n) is 3.87. The Morgan fingerprint density at radius 2 is 2.24 bits per heavy atom. The molecule has 100 valence electrons. The summed E-state index contributed by atoms with van der Waals surface area (Å²) in [5.41, 5.74) is -1.09. The summed E-state index contributed by atoms with van der Waals surface area (Å²) in [6, 6.07) is 0. The Balaban J connectivity index is 2.60. The fourth-order valence-electron chi connectivity index (χ4n) is 2.61. The van der Waals surface area contributed by atoms with E-state index in [0.717, 1.165) is 19.4 Å². The van der Waals surface area contributed by atoms with Crippen LogP contribution in [0.2, 0.25) is 0 Å². The van der Waals surface area contributed by atoms with E-state index in [-0.39, 0.29) is 5.91 Å². The van der Waals surface area contributed by atoms with E-state index < -0.39 is 5.60 Å². The maximum absolute atomic E-state index is 12.3. The van der Waals surface area contributed by atoms with E-state index >= 15 is 0 Å². The van der Waals surface area contributed by atoms with Gasteiger partial charge in [0.15, 0.2) is 0 Å². The van der Waals surface area contributed by atoms with E-state index in [1.54, 1.807) is 4.90 Å². The van der Waals surface area contributed by atoms with Crippen LogP contribution in [0.5, 0.6) is 0 Å². The Hall–Kier alpha value is -0.610. The second kappa shape index (κ2) is 6.36. The molecule has 2 N–H and O–H groups in total. The van der Waals surface area contributed by atoms with Crippen molar-refractivity contribution in [3.63, 3.8) is 0 Å². The number of carbonyl (C=O) groups is 1. The fourth-order valence-corrected chi connectivity index (χ4v) is 2.61. The number of hydrogen-bond donors (Lipinski definition) is 2. The van der Waals surface area contributed by atoms with Crippen molar-refractivity contribution >= 4 is 5.91 Å². The smallest absolute Gasteiger partial charge is 0.254 e. The number of likely N-dealkylation sites (N-methyl/N-ethyl adjacent to an activating group) is 2. The predicted molar refractivity (Wildman–Crippen MR) is 68.8 cm³/mol. The summed E-state index contributed by atoms with van der Waals surface area (Å²) in [4.78, 5) is 14.1. The molecule has 0 spiro atoms. The number of hydrogen-bond acceptors (Lipinski definition) is 3. The highest BCUT2D eigenvalue weighted by atomic mass is 16.3. The lowest BCUT2D eigenvalue weighted by atomic mass is 9.97. The van der Waals surface area contributed by atoms with E-state index in [1.165, 1.54) is 0 Å². The number of nitrogens with one attached hydrogen (secondary N) is 1. The first kappa shape index (κ1) is 14.5. The molecule has 0 heterocycles. The first-order valence-corrected chi connectivity index (χ1v) is 6.73. The molecule has 4 heteroatoms. The highest BCUT2D eigenvalue weighted by Crippen LogP contribution is 2.37. The summed E-state index contributed by atoms with van der Waals surface area (Å²) >= 11 is 0. The van der Waals surface area contributed by atoms with Crippen LogP contribution in [0.25, 0.3) is 0 Å². The summed E-state index contributed by atoms with van der Waals surface area (Å²) in [7, 11) is 1.87. The summed E-state index contributed by atoms with van der Waals surface area (Å²) in [5, 5.41) is 13.5. The standard InChI is InChI=1S/C13H26N2O2/c1-4-11-6-7-13(17,10-11)12(16)15(5-2)9-8-14-3/h11,14,17H,4-10H2,1-3H3. The van der Waals surface area contributed by atoms with Crippen molar-refractivity contribution in [1.82, 2.24) is 10.2 Å². The molecule has 1 aliphatic carbocycles. The van der Waals surface area contributed by atoms with Gasteiger partial charge in [-0.1, -0.05) is 13.3 Å². The molecule has 2 unspecified atom stereocenters. The third-order valence-corrected chi connectivity index (χ3v) is 3.87. The minimum absolute atomic E-state index is 0.0776. The van der Waals surface area contributed by atoms with Crippen LogP contribution in [0.4, 0.5) is 0 Å². The molecular weight excluding hydrogens is 216 g/mol. The zero-order valence-electron chi connectivity index (χ0n) is 11.3. The van der Waals surface area contributed by atoms with Crippen LogP contribution < -0.4 is 5.32 Å². The molecule has 1 fully saturated rings. The Morgan fingerprint density at radius 3 is 2.71 bits per heavy atom. The maximum atomic E-state index is 12.3. The van der Waals surface area contributed by atoms with Gasteiger partial charge in [0, 0.05) is 19.6 Å². The first-order chi connectivity index (χ1) is 8.07. The second-order valence-corrected chi connectivity index (χ2v) is 5.04. The van der Waals surface area contributed by atoms with Crippen molar-refractivity contribution in [2.75, 3.05) is 26.7 Å². The number of aliphatic hydroxyl groups is 1. The van der Waals surface area contributed by atoms with Crippen molar-refractivity contribution in [3.8, 4) is 0 Å². The van der Waals surface area contributed by atoms with Gasteiger partial charge in [-0.25, -0.2) is 0 Å². The summed E-state index contributed by atoms with van der Waals surface area (Å²) in [6.45, 7) is 6.19. The van der Waals surface area contributed by atoms with Gasteiger partial charge in [0.05, 0.1) is 0 Å². The van der Waals surface area contributed by atoms with E-state index in [2.05, 4.69) is 12.2 Å². The van der Waals surface area contributed by atoms with Crippen LogP contribution in [0, 0.1) is 5.92 Å². The maximum Gasteiger partial charge on any atom is 0.254 e. The molecule has 0 bridgehead atoms. The molecular formula is C13H26N2O2. The van der Waals surface area contributed by atoms with Gasteiger partial charge in [0.1, 0.15) is 5.60 Å². The number of rotatable bonds is 6. The Labute approximate surface area is 104 Å². The van der Waals surface area contributed by atoms with Gasteiger partial charge in [-0.15, -0.1) is 0 Å². The first-order valence-electron chi connectivity index (χ1n) is 6.73. The molecule has 4 nitrogen and oxygen atoms in total. The highest BCUT2D eigenvalue weighted by molar-refractivity contribution is 5.85. The zero-order chi connectivity index (χ0) is 12.9. The van der Waals surface area contributed by atoms with Crippen LogP contribution in [0.1, 0.15) is 39.5 Å². The van der Waals surface area contributed by atoms with Crippen molar-refractivity contribution in [1.29, 1.82) is 0 Å². The van der Waals surface area contributed by atoms with Crippen molar-refractivity contribution in [2.45, 2.75) is 45.1 Å². The van der Waals surface area contributed by atoms with E-state index in [4.69, 9.17) is 0 Å². The van der Waals surface area contributed by atoms with Crippen LogP contribution in [-0.4, -0.2) is 48.2 Å².